The van der Waals surface area contributed by atoms with Gasteiger partial charge in [-0.25, -0.2) is 9.59 Å². The average molecular weight is 739 g/mol. The quantitative estimate of drug-likeness (QED) is 0.0516. The standard InChI is InChI=1S/C43H62O10/c1-6-7-8-11-31-14-16-32(17-15-31)36-22-33(12-9-20-50-42(48)29(2)3)41(34(23-36)13-10-21-51-43(49)30(4)5)35-18-19-39(52-27-37(46)25-44)40(24-35)53-28-38(47)26-45/h18-19,22-24,31-32,37-38,44-47H,2,4,6-17,20-21,25-28H2,1,3,5H3. The number of unbranched alkanes of at least 4 members (excludes halogenated alkanes) is 2. The third-order valence-corrected chi connectivity index (χ3v) is 9.72. The highest BCUT2D eigenvalue weighted by molar-refractivity contribution is 5.87. The molecule has 2 aromatic rings. The van der Waals surface area contributed by atoms with Crippen LogP contribution in [0.1, 0.15) is 108 Å². The second-order valence-corrected chi connectivity index (χ2v) is 14.4. The van der Waals surface area contributed by atoms with E-state index in [9.17, 15) is 30.0 Å². The Hall–Kier alpha value is -3.70. The van der Waals surface area contributed by atoms with Gasteiger partial charge in [0.15, 0.2) is 11.5 Å². The van der Waals surface area contributed by atoms with E-state index in [2.05, 4.69) is 32.2 Å². The summed E-state index contributed by atoms with van der Waals surface area (Å²) in [6, 6.07) is 10.0. The highest BCUT2D eigenvalue weighted by Crippen LogP contribution is 2.42. The molecule has 0 spiro atoms. The minimum atomic E-state index is -1.12. The molecule has 53 heavy (non-hydrogen) atoms. The molecule has 2 aromatic carbocycles. The minimum Gasteiger partial charge on any atom is -0.487 e. The third kappa shape index (κ3) is 14.6. The molecule has 0 bridgehead atoms. The molecule has 3 rings (SSSR count). The van der Waals surface area contributed by atoms with Crippen LogP contribution >= 0.6 is 0 Å². The van der Waals surface area contributed by atoms with E-state index in [0.717, 1.165) is 41.0 Å². The van der Waals surface area contributed by atoms with Crippen LogP contribution in [0.25, 0.3) is 11.1 Å². The summed E-state index contributed by atoms with van der Waals surface area (Å²) >= 11 is 0. The number of carbonyl (C=O) groups is 2. The van der Waals surface area contributed by atoms with Gasteiger partial charge in [0.2, 0.25) is 0 Å². The van der Waals surface area contributed by atoms with Crippen molar-refractivity contribution < 1.29 is 49.0 Å². The van der Waals surface area contributed by atoms with Crippen LogP contribution in [0, 0.1) is 5.92 Å². The summed E-state index contributed by atoms with van der Waals surface area (Å²) in [4.78, 5) is 24.3. The molecule has 2 unspecified atom stereocenters. The molecule has 4 N–H and O–H groups in total. The van der Waals surface area contributed by atoms with Crippen LogP contribution in [0.5, 0.6) is 11.5 Å². The van der Waals surface area contributed by atoms with Crippen molar-refractivity contribution >= 4 is 11.9 Å². The molecule has 0 radical (unpaired) electrons. The largest absolute Gasteiger partial charge is 0.487 e. The first-order valence-corrected chi connectivity index (χ1v) is 19.3. The number of hydrogen-bond donors (Lipinski definition) is 4. The average Bonchev–Trinajstić information content (AvgIpc) is 3.16. The summed E-state index contributed by atoms with van der Waals surface area (Å²) in [5.41, 5.74) is 5.94. The number of carbonyl (C=O) groups excluding carboxylic acids is 2. The van der Waals surface area contributed by atoms with Crippen LogP contribution < -0.4 is 9.47 Å². The lowest BCUT2D eigenvalue weighted by Crippen LogP contribution is -2.23. The highest BCUT2D eigenvalue weighted by Gasteiger charge is 2.25. The van der Waals surface area contributed by atoms with Gasteiger partial charge in [-0.3, -0.25) is 0 Å². The maximum absolute atomic E-state index is 12.2. The third-order valence-electron chi connectivity index (χ3n) is 9.72. The van der Waals surface area contributed by atoms with E-state index in [1.165, 1.54) is 44.1 Å². The summed E-state index contributed by atoms with van der Waals surface area (Å²) in [6.45, 7) is 12.0. The van der Waals surface area contributed by atoms with Crippen LogP contribution in [0.2, 0.25) is 0 Å². The van der Waals surface area contributed by atoms with E-state index >= 15 is 0 Å². The van der Waals surface area contributed by atoms with Gasteiger partial charge in [-0.15, -0.1) is 0 Å². The molecule has 1 aliphatic carbocycles. The Kier molecular flexibility index (Phi) is 19.1. The number of benzene rings is 2. The van der Waals surface area contributed by atoms with Crippen LogP contribution in [0.4, 0.5) is 0 Å². The molecule has 10 heteroatoms. The Morgan fingerprint density at radius 3 is 1.77 bits per heavy atom. The fourth-order valence-electron chi connectivity index (χ4n) is 6.74. The number of aliphatic hydroxyl groups is 4. The maximum atomic E-state index is 12.2. The van der Waals surface area contributed by atoms with Gasteiger partial charge in [-0.1, -0.05) is 64.0 Å². The topological polar surface area (TPSA) is 152 Å². The van der Waals surface area contributed by atoms with Gasteiger partial charge in [-0.05, 0) is 117 Å². The summed E-state index contributed by atoms with van der Waals surface area (Å²) in [5, 5.41) is 38.8. The first kappa shape index (κ1) is 43.7. The highest BCUT2D eigenvalue weighted by atomic mass is 16.5. The molecule has 10 nitrogen and oxygen atoms in total. The smallest absolute Gasteiger partial charge is 0.333 e. The Bertz CT molecular complexity index is 1420. The molecule has 1 fully saturated rings. The summed E-state index contributed by atoms with van der Waals surface area (Å²) in [5.74, 6) is 0.943. The van der Waals surface area contributed by atoms with E-state index in [4.69, 9.17) is 18.9 Å². The summed E-state index contributed by atoms with van der Waals surface area (Å²) < 4.78 is 22.7. The van der Waals surface area contributed by atoms with Crippen molar-refractivity contribution in [3.05, 3.63) is 71.3 Å². The van der Waals surface area contributed by atoms with E-state index in [0.29, 0.717) is 54.2 Å². The Balaban J connectivity index is 2.07. The molecular weight excluding hydrogens is 676 g/mol. The zero-order valence-electron chi connectivity index (χ0n) is 32.1. The van der Waals surface area contributed by atoms with Crippen molar-refractivity contribution in [2.45, 2.75) is 116 Å². The Morgan fingerprint density at radius 2 is 1.28 bits per heavy atom. The predicted octanol–water partition coefficient (Wildman–Crippen LogP) is 6.78. The molecule has 0 heterocycles. The lowest BCUT2D eigenvalue weighted by atomic mass is 9.75. The Labute approximate surface area is 315 Å². The molecule has 0 aliphatic heterocycles. The second-order valence-electron chi connectivity index (χ2n) is 14.4. The fourth-order valence-corrected chi connectivity index (χ4v) is 6.74. The van der Waals surface area contributed by atoms with E-state index in [1.807, 2.05) is 12.1 Å². The van der Waals surface area contributed by atoms with Gasteiger partial charge in [0.05, 0.1) is 26.4 Å². The van der Waals surface area contributed by atoms with Gasteiger partial charge in [0, 0.05) is 11.1 Å². The monoisotopic (exact) mass is 738 g/mol. The minimum absolute atomic E-state index is 0.174. The lowest BCUT2D eigenvalue weighted by molar-refractivity contribution is -0.139. The zero-order valence-corrected chi connectivity index (χ0v) is 32.1. The number of hydrogen-bond acceptors (Lipinski definition) is 10. The normalized spacial score (nSPS) is 16.7. The van der Waals surface area contributed by atoms with E-state index in [1.54, 1.807) is 19.9 Å². The number of esters is 2. The number of rotatable bonds is 24. The van der Waals surface area contributed by atoms with Crippen molar-refractivity contribution in [3.8, 4) is 22.6 Å². The molecule has 294 valence electrons. The van der Waals surface area contributed by atoms with Crippen LogP contribution in [-0.2, 0) is 31.9 Å². The zero-order chi connectivity index (χ0) is 38.8. The first-order valence-electron chi connectivity index (χ1n) is 19.3. The van der Waals surface area contributed by atoms with Crippen molar-refractivity contribution in [1.29, 1.82) is 0 Å². The molecule has 2 atom stereocenters. The van der Waals surface area contributed by atoms with Crippen LogP contribution in [-0.4, -0.2) is 84.2 Å². The number of aliphatic hydroxyl groups excluding tert-OH is 4. The molecule has 1 aliphatic rings. The number of aryl methyl sites for hydroxylation is 2. The summed E-state index contributed by atoms with van der Waals surface area (Å²) in [7, 11) is 0. The predicted molar refractivity (Wildman–Crippen MR) is 206 cm³/mol. The molecule has 0 saturated heterocycles. The van der Waals surface area contributed by atoms with Crippen LogP contribution in [0.15, 0.2) is 54.6 Å². The van der Waals surface area contributed by atoms with Gasteiger partial charge >= 0.3 is 11.9 Å². The second kappa shape index (κ2) is 23.2. The maximum Gasteiger partial charge on any atom is 0.333 e. The van der Waals surface area contributed by atoms with Crippen molar-refractivity contribution in [2.75, 3.05) is 39.6 Å². The van der Waals surface area contributed by atoms with Crippen molar-refractivity contribution in [2.24, 2.45) is 5.92 Å². The SMILES string of the molecule is C=C(C)C(=O)OCCCc1cc(C2CCC(CCCCC)CC2)cc(CCCOC(=O)C(=C)C)c1-c1ccc(OCC(O)CO)c(OCC(O)CO)c1. The van der Waals surface area contributed by atoms with Crippen molar-refractivity contribution in [1.82, 2.24) is 0 Å². The molecule has 0 amide bonds. The first-order chi connectivity index (χ1) is 25.5. The van der Waals surface area contributed by atoms with Crippen LogP contribution in [0.3, 0.4) is 0 Å². The Morgan fingerprint density at radius 1 is 0.755 bits per heavy atom. The van der Waals surface area contributed by atoms with Gasteiger partial charge < -0.3 is 39.4 Å². The van der Waals surface area contributed by atoms with Gasteiger partial charge in [0.1, 0.15) is 25.4 Å². The number of ether oxygens (including phenoxy) is 4. The van der Waals surface area contributed by atoms with Gasteiger partial charge in [-0.2, -0.15) is 0 Å². The van der Waals surface area contributed by atoms with Crippen molar-refractivity contribution in [3.63, 3.8) is 0 Å². The van der Waals surface area contributed by atoms with E-state index in [-0.39, 0.29) is 26.4 Å². The lowest BCUT2D eigenvalue weighted by Gasteiger charge is -2.30. The van der Waals surface area contributed by atoms with Gasteiger partial charge in [0.25, 0.3) is 0 Å². The van der Waals surface area contributed by atoms with E-state index < -0.39 is 37.4 Å². The molecular formula is C43H62O10. The molecule has 0 aromatic heterocycles. The summed E-state index contributed by atoms with van der Waals surface area (Å²) in [6.07, 6.45) is 9.96. The molecule has 1 saturated carbocycles. The fraction of sp³-hybridized carbons (Fsp3) is 0.581.